The van der Waals surface area contributed by atoms with Crippen molar-refractivity contribution in [3.8, 4) is 0 Å². The summed E-state index contributed by atoms with van der Waals surface area (Å²) in [7, 11) is 0. The molecule has 0 fully saturated rings. The number of halogens is 4. The van der Waals surface area contributed by atoms with Crippen molar-refractivity contribution < 1.29 is 18.3 Å². The van der Waals surface area contributed by atoms with Gasteiger partial charge in [0.2, 0.25) is 0 Å². The topological polar surface area (TPSA) is 23.5 Å². The molecule has 0 bridgehead atoms. The average Bonchev–Trinajstić information content (AvgIpc) is 2.30. The van der Waals surface area contributed by atoms with Crippen molar-refractivity contribution in [3.63, 3.8) is 0 Å². The first-order valence-electron chi connectivity index (χ1n) is 5.62. The maximum absolute atomic E-state index is 12.5. The SMILES string of the molecule is CCN(CCCO)c1ccc(C(F)(F)F)cc1Br. The highest BCUT2D eigenvalue weighted by Gasteiger charge is 2.31. The molecule has 0 heterocycles. The minimum Gasteiger partial charge on any atom is -0.396 e. The van der Waals surface area contributed by atoms with Crippen LogP contribution in [0.4, 0.5) is 18.9 Å². The Morgan fingerprint density at radius 3 is 2.44 bits per heavy atom. The smallest absolute Gasteiger partial charge is 0.396 e. The monoisotopic (exact) mass is 325 g/mol. The molecule has 0 radical (unpaired) electrons. The van der Waals surface area contributed by atoms with Crippen LogP contribution in [-0.4, -0.2) is 24.8 Å². The predicted molar refractivity (Wildman–Crippen MR) is 68.7 cm³/mol. The minimum absolute atomic E-state index is 0.0642. The molecule has 1 N–H and O–H groups in total. The summed E-state index contributed by atoms with van der Waals surface area (Å²) < 4.78 is 38.0. The molecule has 6 heteroatoms. The number of hydrogen-bond acceptors (Lipinski definition) is 2. The summed E-state index contributed by atoms with van der Waals surface area (Å²) in [6, 6.07) is 3.60. The van der Waals surface area contributed by atoms with Crippen LogP contribution in [0.3, 0.4) is 0 Å². The van der Waals surface area contributed by atoms with Crippen LogP contribution in [0.5, 0.6) is 0 Å². The molecule has 1 aromatic carbocycles. The van der Waals surface area contributed by atoms with Crippen LogP contribution in [0.25, 0.3) is 0 Å². The lowest BCUT2D eigenvalue weighted by molar-refractivity contribution is -0.137. The van der Waals surface area contributed by atoms with Gasteiger partial charge in [0, 0.05) is 24.2 Å². The summed E-state index contributed by atoms with van der Waals surface area (Å²) in [5.41, 5.74) is 0.0373. The molecular weight excluding hydrogens is 311 g/mol. The molecule has 102 valence electrons. The molecule has 0 aliphatic rings. The molecule has 0 aliphatic carbocycles. The van der Waals surface area contributed by atoms with Gasteiger partial charge in [-0.3, -0.25) is 0 Å². The van der Waals surface area contributed by atoms with E-state index in [4.69, 9.17) is 5.11 Å². The molecule has 0 spiro atoms. The van der Waals surface area contributed by atoms with E-state index in [2.05, 4.69) is 15.9 Å². The Kier molecular flexibility index (Phi) is 5.47. The van der Waals surface area contributed by atoms with Crippen molar-refractivity contribution in [2.24, 2.45) is 0 Å². The maximum atomic E-state index is 12.5. The number of hydrogen-bond donors (Lipinski definition) is 1. The fourth-order valence-corrected chi connectivity index (χ4v) is 2.28. The van der Waals surface area contributed by atoms with E-state index in [0.29, 0.717) is 29.7 Å². The number of rotatable bonds is 5. The zero-order valence-electron chi connectivity index (χ0n) is 9.97. The van der Waals surface area contributed by atoms with E-state index < -0.39 is 11.7 Å². The first-order chi connectivity index (χ1) is 8.40. The highest BCUT2D eigenvalue weighted by molar-refractivity contribution is 9.10. The average molecular weight is 326 g/mol. The third kappa shape index (κ3) is 3.88. The first kappa shape index (κ1) is 15.3. The number of aliphatic hydroxyl groups excluding tert-OH is 1. The number of nitrogens with zero attached hydrogens (tertiary/aromatic N) is 1. The molecular formula is C12H15BrF3NO. The second-order valence-electron chi connectivity index (χ2n) is 3.82. The summed E-state index contributed by atoms with van der Waals surface area (Å²) in [5, 5.41) is 8.79. The Hall–Kier alpha value is -0.750. The molecule has 0 aliphatic heterocycles. The van der Waals surface area contributed by atoms with Crippen LogP contribution in [0.15, 0.2) is 22.7 Å². The van der Waals surface area contributed by atoms with Crippen LogP contribution in [-0.2, 0) is 6.18 Å². The highest BCUT2D eigenvalue weighted by atomic mass is 79.9. The van der Waals surface area contributed by atoms with E-state index in [0.717, 1.165) is 12.1 Å². The fourth-order valence-electron chi connectivity index (χ4n) is 1.65. The maximum Gasteiger partial charge on any atom is 0.416 e. The molecule has 0 unspecified atom stereocenters. The third-order valence-electron chi connectivity index (χ3n) is 2.58. The molecule has 0 aromatic heterocycles. The van der Waals surface area contributed by atoms with Gasteiger partial charge >= 0.3 is 6.18 Å². The Morgan fingerprint density at radius 1 is 1.33 bits per heavy atom. The van der Waals surface area contributed by atoms with E-state index >= 15 is 0 Å². The largest absolute Gasteiger partial charge is 0.416 e. The summed E-state index contributed by atoms with van der Waals surface area (Å²) in [4.78, 5) is 1.92. The van der Waals surface area contributed by atoms with Crippen molar-refractivity contribution >= 4 is 21.6 Å². The zero-order valence-corrected chi connectivity index (χ0v) is 11.6. The second-order valence-corrected chi connectivity index (χ2v) is 4.68. The van der Waals surface area contributed by atoms with Crippen molar-refractivity contribution in [2.75, 3.05) is 24.6 Å². The zero-order chi connectivity index (χ0) is 13.8. The van der Waals surface area contributed by atoms with Gasteiger partial charge in [0.15, 0.2) is 0 Å². The summed E-state index contributed by atoms with van der Waals surface area (Å²) in [6.07, 6.45) is -3.75. The van der Waals surface area contributed by atoms with Crippen molar-refractivity contribution in [1.29, 1.82) is 0 Å². The van der Waals surface area contributed by atoms with Gasteiger partial charge in [-0.15, -0.1) is 0 Å². The van der Waals surface area contributed by atoms with Gasteiger partial charge in [0.1, 0.15) is 0 Å². The lowest BCUT2D eigenvalue weighted by Gasteiger charge is -2.24. The van der Waals surface area contributed by atoms with E-state index in [1.807, 2.05) is 11.8 Å². The van der Waals surface area contributed by atoms with Gasteiger partial charge < -0.3 is 10.0 Å². The van der Waals surface area contributed by atoms with Crippen LogP contribution in [0, 0.1) is 0 Å². The van der Waals surface area contributed by atoms with Crippen molar-refractivity contribution in [1.82, 2.24) is 0 Å². The van der Waals surface area contributed by atoms with E-state index in [9.17, 15) is 13.2 Å². The Morgan fingerprint density at radius 2 is 2.00 bits per heavy atom. The van der Waals surface area contributed by atoms with Gasteiger partial charge in [-0.2, -0.15) is 13.2 Å². The summed E-state index contributed by atoms with van der Waals surface area (Å²) in [6.45, 7) is 3.26. The number of benzene rings is 1. The molecule has 0 atom stereocenters. The quantitative estimate of drug-likeness (QED) is 0.892. The van der Waals surface area contributed by atoms with Gasteiger partial charge in [0.25, 0.3) is 0 Å². The third-order valence-corrected chi connectivity index (χ3v) is 3.22. The van der Waals surface area contributed by atoms with E-state index in [1.54, 1.807) is 0 Å². The molecule has 0 saturated heterocycles. The molecule has 2 nitrogen and oxygen atoms in total. The van der Waals surface area contributed by atoms with Gasteiger partial charge in [0.05, 0.1) is 11.3 Å². The molecule has 18 heavy (non-hydrogen) atoms. The standard InChI is InChI=1S/C12H15BrF3NO/c1-2-17(6-3-7-18)11-5-4-9(8-10(11)13)12(14,15)16/h4-5,8,18H,2-3,6-7H2,1H3. The molecule has 0 amide bonds. The fraction of sp³-hybridized carbons (Fsp3) is 0.500. The molecule has 1 rings (SSSR count). The second kappa shape index (κ2) is 6.43. The van der Waals surface area contributed by atoms with Gasteiger partial charge in [-0.05, 0) is 47.5 Å². The van der Waals surface area contributed by atoms with E-state index in [-0.39, 0.29) is 6.61 Å². The predicted octanol–water partition coefficient (Wildman–Crippen LogP) is 3.68. The molecule has 1 aromatic rings. The Balaban J connectivity index is 2.96. The van der Waals surface area contributed by atoms with Crippen LogP contribution in [0.1, 0.15) is 18.9 Å². The minimum atomic E-state index is -4.33. The summed E-state index contributed by atoms with van der Waals surface area (Å²) >= 11 is 3.17. The Bertz CT molecular complexity index is 395. The highest BCUT2D eigenvalue weighted by Crippen LogP contribution is 2.35. The summed E-state index contributed by atoms with van der Waals surface area (Å²) in [5.74, 6) is 0. The number of aliphatic hydroxyl groups is 1. The lowest BCUT2D eigenvalue weighted by Crippen LogP contribution is -2.25. The van der Waals surface area contributed by atoms with Crippen LogP contribution in [0.2, 0.25) is 0 Å². The van der Waals surface area contributed by atoms with E-state index in [1.165, 1.54) is 6.07 Å². The van der Waals surface area contributed by atoms with Gasteiger partial charge in [-0.25, -0.2) is 0 Å². The van der Waals surface area contributed by atoms with Crippen LogP contribution < -0.4 is 4.90 Å². The van der Waals surface area contributed by atoms with Crippen molar-refractivity contribution in [3.05, 3.63) is 28.2 Å². The van der Waals surface area contributed by atoms with Crippen LogP contribution >= 0.6 is 15.9 Å². The number of anilines is 1. The van der Waals surface area contributed by atoms with Gasteiger partial charge in [-0.1, -0.05) is 0 Å². The number of alkyl halides is 3. The lowest BCUT2D eigenvalue weighted by atomic mass is 10.2. The Labute approximate surface area is 113 Å². The first-order valence-corrected chi connectivity index (χ1v) is 6.42. The van der Waals surface area contributed by atoms with Crippen molar-refractivity contribution in [2.45, 2.75) is 19.5 Å². The normalized spacial score (nSPS) is 11.7. The molecule has 0 saturated carbocycles.